The lowest BCUT2D eigenvalue weighted by molar-refractivity contribution is -0.136. The van der Waals surface area contributed by atoms with Gasteiger partial charge in [-0.25, -0.2) is 9.29 Å². The maximum Gasteiger partial charge on any atom is 0.281 e. The van der Waals surface area contributed by atoms with E-state index in [1.807, 2.05) is 0 Å². The van der Waals surface area contributed by atoms with Crippen LogP contribution in [0.1, 0.15) is 18.4 Å². The standard InChI is InChI=1S/C20H17FN2O5/c1-26-14-7-8-17(27-2)15(9-14)16-10-20(28-22-16)11-18(24)23(19(20)25)13-5-3-12(21)4-6-13/h3-9H,10-11H2,1-2H3. The Kier molecular flexibility index (Phi) is 4.26. The third-order valence-electron chi connectivity index (χ3n) is 4.86. The molecule has 0 N–H and O–H groups in total. The summed E-state index contributed by atoms with van der Waals surface area (Å²) in [6.07, 6.45) is -0.0404. The summed E-state index contributed by atoms with van der Waals surface area (Å²) >= 11 is 0. The van der Waals surface area contributed by atoms with E-state index in [0.717, 1.165) is 4.90 Å². The fraction of sp³-hybridized carbons (Fsp3) is 0.250. The maximum atomic E-state index is 13.2. The van der Waals surface area contributed by atoms with Crippen LogP contribution in [0.3, 0.4) is 0 Å². The zero-order valence-electron chi connectivity index (χ0n) is 15.3. The number of amides is 2. The van der Waals surface area contributed by atoms with E-state index in [0.29, 0.717) is 28.5 Å². The number of carbonyl (C=O) groups excluding carboxylic acids is 2. The Bertz CT molecular complexity index is 989. The van der Waals surface area contributed by atoms with Crippen molar-refractivity contribution in [2.45, 2.75) is 18.4 Å². The first kappa shape index (κ1) is 18.0. The molecule has 1 unspecified atom stereocenters. The monoisotopic (exact) mass is 384 g/mol. The van der Waals surface area contributed by atoms with Crippen molar-refractivity contribution in [1.82, 2.24) is 0 Å². The van der Waals surface area contributed by atoms with Gasteiger partial charge in [-0.15, -0.1) is 0 Å². The highest BCUT2D eigenvalue weighted by Gasteiger charge is 2.58. The molecule has 0 bridgehead atoms. The summed E-state index contributed by atoms with van der Waals surface area (Å²) in [5.74, 6) is -0.255. The molecule has 1 fully saturated rings. The molecule has 28 heavy (non-hydrogen) atoms. The van der Waals surface area contributed by atoms with Gasteiger partial charge in [0.2, 0.25) is 11.5 Å². The van der Waals surface area contributed by atoms with E-state index in [-0.39, 0.29) is 12.8 Å². The highest BCUT2D eigenvalue weighted by molar-refractivity contribution is 6.26. The highest BCUT2D eigenvalue weighted by atomic mass is 19.1. The van der Waals surface area contributed by atoms with E-state index in [1.165, 1.54) is 31.4 Å². The van der Waals surface area contributed by atoms with Crippen LogP contribution >= 0.6 is 0 Å². The van der Waals surface area contributed by atoms with Crippen molar-refractivity contribution in [1.29, 1.82) is 0 Å². The first-order valence-corrected chi connectivity index (χ1v) is 8.58. The van der Waals surface area contributed by atoms with Gasteiger partial charge in [0, 0.05) is 12.0 Å². The van der Waals surface area contributed by atoms with E-state index in [4.69, 9.17) is 14.3 Å². The number of oxime groups is 1. The number of methoxy groups -OCH3 is 2. The zero-order valence-corrected chi connectivity index (χ0v) is 15.3. The topological polar surface area (TPSA) is 77.4 Å². The Morgan fingerprint density at radius 3 is 2.50 bits per heavy atom. The molecular formula is C20H17FN2O5. The third-order valence-corrected chi connectivity index (χ3v) is 4.86. The minimum Gasteiger partial charge on any atom is -0.497 e. The Morgan fingerprint density at radius 2 is 1.82 bits per heavy atom. The normalized spacial score (nSPS) is 21.1. The lowest BCUT2D eigenvalue weighted by Crippen LogP contribution is -2.40. The number of benzene rings is 2. The molecule has 0 aromatic heterocycles. The van der Waals surface area contributed by atoms with Gasteiger partial charge < -0.3 is 14.3 Å². The molecule has 0 saturated carbocycles. The summed E-state index contributed by atoms with van der Waals surface area (Å²) in [5, 5.41) is 4.07. The fourth-order valence-electron chi connectivity index (χ4n) is 3.44. The second-order valence-corrected chi connectivity index (χ2v) is 6.55. The summed E-state index contributed by atoms with van der Waals surface area (Å²) in [4.78, 5) is 32.1. The van der Waals surface area contributed by atoms with Gasteiger partial charge in [0.1, 0.15) is 17.3 Å². The number of anilines is 1. The number of nitrogens with zero attached hydrogens (tertiary/aromatic N) is 2. The maximum absolute atomic E-state index is 13.2. The minimum atomic E-state index is -1.41. The summed E-state index contributed by atoms with van der Waals surface area (Å²) in [6.45, 7) is 0. The van der Waals surface area contributed by atoms with Gasteiger partial charge in [0.25, 0.3) is 5.91 Å². The van der Waals surface area contributed by atoms with Crippen LogP contribution in [0.2, 0.25) is 0 Å². The van der Waals surface area contributed by atoms with Crippen molar-refractivity contribution in [3.63, 3.8) is 0 Å². The number of imide groups is 1. The second kappa shape index (κ2) is 6.63. The molecule has 8 heteroatoms. The number of halogens is 1. The second-order valence-electron chi connectivity index (χ2n) is 6.55. The van der Waals surface area contributed by atoms with Gasteiger partial charge in [0.15, 0.2) is 0 Å². The molecule has 7 nitrogen and oxygen atoms in total. The van der Waals surface area contributed by atoms with Crippen LogP contribution in [0.15, 0.2) is 47.6 Å². The van der Waals surface area contributed by atoms with Crippen LogP contribution in [0.4, 0.5) is 10.1 Å². The van der Waals surface area contributed by atoms with E-state index in [9.17, 15) is 14.0 Å². The molecule has 2 aromatic carbocycles. The molecule has 0 radical (unpaired) electrons. The SMILES string of the molecule is COc1ccc(OC)c(C2=NOC3(CC(=O)N(c4ccc(F)cc4)C3=O)C2)c1. The smallest absolute Gasteiger partial charge is 0.281 e. The largest absolute Gasteiger partial charge is 0.497 e. The molecule has 0 aliphatic carbocycles. The molecule has 2 heterocycles. The average molecular weight is 384 g/mol. The molecule has 144 valence electrons. The predicted octanol–water partition coefficient (Wildman–Crippen LogP) is 2.67. The minimum absolute atomic E-state index is 0.110. The van der Waals surface area contributed by atoms with Gasteiger partial charge in [-0.2, -0.15) is 0 Å². The first-order valence-electron chi connectivity index (χ1n) is 8.58. The quantitative estimate of drug-likeness (QED) is 0.758. The Hall–Kier alpha value is -3.42. The Labute approximate surface area is 160 Å². The van der Waals surface area contributed by atoms with Gasteiger partial charge in [-0.1, -0.05) is 5.16 Å². The first-order chi connectivity index (χ1) is 13.5. The van der Waals surface area contributed by atoms with Crippen molar-refractivity contribution in [2.75, 3.05) is 19.1 Å². The van der Waals surface area contributed by atoms with E-state index < -0.39 is 23.2 Å². The molecule has 2 amide bonds. The molecule has 1 saturated heterocycles. The molecular weight excluding hydrogens is 367 g/mol. The molecule has 2 aliphatic rings. The number of hydrogen-bond acceptors (Lipinski definition) is 6. The van der Waals surface area contributed by atoms with Crippen molar-refractivity contribution < 1.29 is 28.3 Å². The van der Waals surface area contributed by atoms with E-state index in [2.05, 4.69) is 5.16 Å². The fourth-order valence-corrected chi connectivity index (χ4v) is 3.44. The number of hydrogen-bond donors (Lipinski definition) is 0. The highest BCUT2D eigenvalue weighted by Crippen LogP contribution is 2.40. The third kappa shape index (κ3) is 2.77. The van der Waals surface area contributed by atoms with E-state index in [1.54, 1.807) is 25.3 Å². The van der Waals surface area contributed by atoms with Crippen molar-refractivity contribution in [3.05, 3.63) is 53.8 Å². The molecule has 2 aromatic rings. The summed E-state index contributed by atoms with van der Waals surface area (Å²) in [5.41, 5.74) is -0.00382. The zero-order chi connectivity index (χ0) is 19.9. The van der Waals surface area contributed by atoms with Crippen LogP contribution in [0, 0.1) is 5.82 Å². The lowest BCUT2D eigenvalue weighted by Gasteiger charge is -2.19. The van der Waals surface area contributed by atoms with Crippen molar-refractivity contribution >= 4 is 23.2 Å². The van der Waals surface area contributed by atoms with Gasteiger partial charge >= 0.3 is 0 Å². The van der Waals surface area contributed by atoms with Gasteiger partial charge in [0.05, 0.1) is 32.0 Å². The van der Waals surface area contributed by atoms with Crippen LogP contribution in [0.5, 0.6) is 11.5 Å². The predicted molar refractivity (Wildman–Crippen MR) is 98.0 cm³/mol. The molecule has 4 rings (SSSR count). The number of rotatable bonds is 4. The molecule has 1 spiro atoms. The van der Waals surface area contributed by atoms with Crippen LogP contribution in [-0.2, 0) is 14.4 Å². The Balaban J connectivity index is 1.63. The van der Waals surface area contributed by atoms with Crippen LogP contribution < -0.4 is 14.4 Å². The van der Waals surface area contributed by atoms with E-state index >= 15 is 0 Å². The average Bonchev–Trinajstić information content (AvgIpc) is 3.23. The molecule has 1 atom stereocenters. The van der Waals surface area contributed by atoms with Crippen LogP contribution in [-0.4, -0.2) is 37.3 Å². The van der Waals surface area contributed by atoms with Gasteiger partial charge in [-0.05, 0) is 42.5 Å². The lowest BCUT2D eigenvalue weighted by atomic mass is 9.92. The summed E-state index contributed by atoms with van der Waals surface area (Å²) in [6, 6.07) is 10.4. The Morgan fingerprint density at radius 1 is 1.07 bits per heavy atom. The van der Waals surface area contributed by atoms with Crippen molar-refractivity contribution in [3.8, 4) is 11.5 Å². The number of carbonyl (C=O) groups is 2. The molecule has 2 aliphatic heterocycles. The summed E-state index contributed by atoms with van der Waals surface area (Å²) in [7, 11) is 3.07. The van der Waals surface area contributed by atoms with Crippen molar-refractivity contribution in [2.24, 2.45) is 5.16 Å². The van der Waals surface area contributed by atoms with Gasteiger partial charge in [-0.3, -0.25) is 9.59 Å². The number of ether oxygens (including phenoxy) is 2. The summed E-state index contributed by atoms with van der Waals surface area (Å²) < 4.78 is 23.8. The van der Waals surface area contributed by atoms with Crippen LogP contribution in [0.25, 0.3) is 0 Å².